The van der Waals surface area contributed by atoms with E-state index >= 15 is 0 Å². The molecular formula is C10H19N3OS. The van der Waals surface area contributed by atoms with Crippen molar-refractivity contribution < 1.29 is 4.79 Å². The van der Waals surface area contributed by atoms with E-state index in [0.717, 1.165) is 25.9 Å². The number of hydrogen-bond acceptors (Lipinski definition) is 3. The van der Waals surface area contributed by atoms with E-state index in [1.54, 1.807) is 0 Å². The van der Waals surface area contributed by atoms with E-state index in [-0.39, 0.29) is 11.9 Å². The zero-order valence-electron chi connectivity index (χ0n) is 9.40. The van der Waals surface area contributed by atoms with E-state index in [0.29, 0.717) is 11.5 Å². The summed E-state index contributed by atoms with van der Waals surface area (Å²) in [7, 11) is 1.87. The Morgan fingerprint density at radius 1 is 1.53 bits per heavy atom. The Morgan fingerprint density at radius 3 is 2.53 bits per heavy atom. The van der Waals surface area contributed by atoms with Gasteiger partial charge in [0.1, 0.15) is 0 Å². The van der Waals surface area contributed by atoms with Gasteiger partial charge in [-0.15, -0.1) is 0 Å². The minimum Gasteiger partial charge on any atom is -0.392 e. The van der Waals surface area contributed by atoms with Gasteiger partial charge < -0.3 is 10.6 Å². The van der Waals surface area contributed by atoms with Crippen molar-refractivity contribution in [3.8, 4) is 0 Å². The lowest BCUT2D eigenvalue weighted by molar-refractivity contribution is -0.134. The summed E-state index contributed by atoms with van der Waals surface area (Å²) >= 11 is 4.82. The number of hydrogen-bond donors (Lipinski definition) is 1. The molecule has 1 saturated heterocycles. The topological polar surface area (TPSA) is 49.6 Å². The van der Waals surface area contributed by atoms with Crippen LogP contribution in [0.3, 0.4) is 0 Å². The van der Waals surface area contributed by atoms with Crippen molar-refractivity contribution in [2.24, 2.45) is 5.73 Å². The number of carbonyl (C=O) groups excluding carboxylic acids is 1. The van der Waals surface area contributed by atoms with Gasteiger partial charge in [0.2, 0.25) is 5.91 Å². The Kier molecular flexibility index (Phi) is 4.47. The summed E-state index contributed by atoms with van der Waals surface area (Å²) in [6.07, 6.45) is 2.24. The first kappa shape index (κ1) is 12.4. The van der Waals surface area contributed by atoms with Gasteiger partial charge in [0.25, 0.3) is 0 Å². The molecular weight excluding hydrogens is 210 g/mol. The predicted octanol–water partition coefficient (Wildman–Crippen LogP) is 0.215. The highest BCUT2D eigenvalue weighted by molar-refractivity contribution is 7.80. The van der Waals surface area contributed by atoms with Gasteiger partial charge in [0.15, 0.2) is 0 Å². The standard InChI is InChI=1S/C10H19N3OS/c1-8(12(2)7-9(11)15)10(14)13-5-3-4-6-13/h8H,3-7H2,1-2H3,(H2,11,15). The van der Waals surface area contributed by atoms with Crippen LogP contribution in [0.15, 0.2) is 0 Å². The van der Waals surface area contributed by atoms with Crippen molar-refractivity contribution in [1.29, 1.82) is 0 Å². The van der Waals surface area contributed by atoms with Crippen molar-refractivity contribution in [2.45, 2.75) is 25.8 Å². The Labute approximate surface area is 96.4 Å². The van der Waals surface area contributed by atoms with Crippen LogP contribution in [0.4, 0.5) is 0 Å². The molecule has 1 aliphatic heterocycles. The zero-order valence-corrected chi connectivity index (χ0v) is 10.2. The van der Waals surface area contributed by atoms with Gasteiger partial charge in [0.05, 0.1) is 11.0 Å². The molecule has 1 atom stereocenters. The highest BCUT2D eigenvalue weighted by Crippen LogP contribution is 2.11. The highest BCUT2D eigenvalue weighted by atomic mass is 32.1. The average molecular weight is 229 g/mol. The second-order valence-corrected chi connectivity index (χ2v) is 4.61. The van der Waals surface area contributed by atoms with Crippen LogP contribution < -0.4 is 5.73 Å². The molecule has 0 aliphatic carbocycles. The monoisotopic (exact) mass is 229 g/mol. The molecule has 0 radical (unpaired) electrons. The highest BCUT2D eigenvalue weighted by Gasteiger charge is 2.25. The van der Waals surface area contributed by atoms with E-state index in [2.05, 4.69) is 0 Å². The molecule has 4 nitrogen and oxygen atoms in total. The predicted molar refractivity (Wildman–Crippen MR) is 64.7 cm³/mol. The van der Waals surface area contributed by atoms with Crippen LogP contribution in [0.1, 0.15) is 19.8 Å². The molecule has 0 aromatic heterocycles. The Balaban J connectivity index is 2.47. The summed E-state index contributed by atoms with van der Waals surface area (Å²) in [6, 6.07) is -0.135. The molecule has 1 heterocycles. The second kappa shape index (κ2) is 5.42. The number of thiocarbonyl (C=S) groups is 1. The minimum atomic E-state index is -0.135. The van der Waals surface area contributed by atoms with Crippen LogP contribution in [0, 0.1) is 0 Å². The van der Waals surface area contributed by atoms with Gasteiger partial charge >= 0.3 is 0 Å². The number of carbonyl (C=O) groups is 1. The van der Waals surface area contributed by atoms with Crippen LogP contribution >= 0.6 is 12.2 Å². The molecule has 1 unspecified atom stereocenters. The van der Waals surface area contributed by atoms with Gasteiger partial charge in [-0.05, 0) is 26.8 Å². The quantitative estimate of drug-likeness (QED) is 0.700. The first-order valence-corrected chi connectivity index (χ1v) is 5.70. The van der Waals surface area contributed by atoms with Gasteiger partial charge in [-0.25, -0.2) is 0 Å². The zero-order chi connectivity index (χ0) is 11.4. The molecule has 5 heteroatoms. The van der Waals surface area contributed by atoms with Crippen LogP contribution in [0.5, 0.6) is 0 Å². The fourth-order valence-corrected chi connectivity index (χ4v) is 1.98. The summed E-state index contributed by atoms with van der Waals surface area (Å²) in [5.74, 6) is 0.186. The summed E-state index contributed by atoms with van der Waals surface area (Å²) in [4.78, 5) is 16.2. The number of likely N-dealkylation sites (tertiary alicyclic amines) is 1. The maximum atomic E-state index is 12.0. The van der Waals surface area contributed by atoms with E-state index in [1.165, 1.54) is 0 Å². The number of nitrogens with zero attached hydrogens (tertiary/aromatic N) is 2. The Hall–Kier alpha value is -0.680. The normalized spacial score (nSPS) is 18.2. The lowest BCUT2D eigenvalue weighted by Gasteiger charge is -2.27. The third-order valence-corrected chi connectivity index (χ3v) is 2.97. The van der Waals surface area contributed by atoms with Crippen LogP contribution in [-0.2, 0) is 4.79 Å². The number of nitrogens with two attached hydrogens (primary N) is 1. The first-order chi connectivity index (χ1) is 7.02. The van der Waals surface area contributed by atoms with Crippen molar-refractivity contribution in [2.75, 3.05) is 26.7 Å². The van der Waals surface area contributed by atoms with E-state index in [4.69, 9.17) is 18.0 Å². The molecule has 1 amide bonds. The van der Waals surface area contributed by atoms with Crippen LogP contribution in [0.25, 0.3) is 0 Å². The lowest BCUT2D eigenvalue weighted by Crippen LogP contribution is -2.46. The van der Waals surface area contributed by atoms with Crippen LogP contribution in [0.2, 0.25) is 0 Å². The number of likely N-dealkylation sites (N-methyl/N-ethyl adjacent to an activating group) is 1. The summed E-state index contributed by atoms with van der Waals surface area (Å²) < 4.78 is 0. The largest absolute Gasteiger partial charge is 0.392 e. The average Bonchev–Trinajstić information content (AvgIpc) is 2.67. The molecule has 0 bridgehead atoms. The third kappa shape index (κ3) is 3.43. The van der Waals surface area contributed by atoms with Gasteiger partial charge in [-0.3, -0.25) is 9.69 Å². The van der Waals surface area contributed by atoms with E-state index in [1.807, 2.05) is 23.8 Å². The molecule has 15 heavy (non-hydrogen) atoms. The molecule has 1 aliphatic rings. The van der Waals surface area contributed by atoms with Gasteiger partial charge in [0, 0.05) is 19.6 Å². The molecule has 0 aromatic rings. The number of amides is 1. The smallest absolute Gasteiger partial charge is 0.239 e. The molecule has 0 saturated carbocycles. The minimum absolute atomic E-state index is 0.135. The van der Waals surface area contributed by atoms with E-state index in [9.17, 15) is 4.79 Å². The summed E-state index contributed by atoms with van der Waals surface area (Å²) in [6.45, 7) is 4.18. The van der Waals surface area contributed by atoms with Crippen molar-refractivity contribution in [3.05, 3.63) is 0 Å². The molecule has 1 rings (SSSR count). The second-order valence-electron chi connectivity index (χ2n) is 4.09. The van der Waals surface area contributed by atoms with Crippen molar-refractivity contribution >= 4 is 23.1 Å². The van der Waals surface area contributed by atoms with Crippen molar-refractivity contribution in [3.63, 3.8) is 0 Å². The van der Waals surface area contributed by atoms with Gasteiger partial charge in [-0.1, -0.05) is 12.2 Å². The molecule has 0 aromatic carbocycles. The lowest BCUT2D eigenvalue weighted by atomic mass is 10.2. The number of rotatable bonds is 4. The van der Waals surface area contributed by atoms with Gasteiger partial charge in [-0.2, -0.15) is 0 Å². The summed E-state index contributed by atoms with van der Waals surface area (Å²) in [5.41, 5.74) is 5.45. The molecule has 0 spiro atoms. The maximum absolute atomic E-state index is 12.0. The maximum Gasteiger partial charge on any atom is 0.239 e. The fraction of sp³-hybridized carbons (Fsp3) is 0.800. The summed E-state index contributed by atoms with van der Waals surface area (Å²) in [5, 5.41) is 0. The molecule has 86 valence electrons. The fourth-order valence-electron chi connectivity index (χ4n) is 1.77. The third-order valence-electron chi connectivity index (χ3n) is 2.84. The van der Waals surface area contributed by atoms with Crippen LogP contribution in [-0.4, -0.2) is 53.4 Å². The first-order valence-electron chi connectivity index (χ1n) is 5.29. The molecule has 1 fully saturated rings. The van der Waals surface area contributed by atoms with Crippen molar-refractivity contribution in [1.82, 2.24) is 9.80 Å². The SMILES string of the molecule is CC(C(=O)N1CCCC1)N(C)CC(N)=S. The molecule has 2 N–H and O–H groups in total. The Morgan fingerprint density at radius 2 is 2.07 bits per heavy atom. The van der Waals surface area contributed by atoms with E-state index < -0.39 is 0 Å². The Bertz CT molecular complexity index is 251.